The Morgan fingerprint density at radius 1 is 1.02 bits per heavy atom. The summed E-state index contributed by atoms with van der Waals surface area (Å²) < 4.78 is 53.7. The van der Waals surface area contributed by atoms with E-state index in [9.17, 15) is 26.4 Å². The third-order valence-corrected chi connectivity index (χ3v) is 11.8. The normalized spacial score (nSPS) is 24.7. The first-order valence-corrected chi connectivity index (χ1v) is 18.0. The number of piperidine rings is 1. The number of rotatable bonds is 11. The van der Waals surface area contributed by atoms with Crippen molar-refractivity contribution in [1.82, 2.24) is 14.3 Å². The molecule has 42 heavy (non-hydrogen) atoms. The van der Waals surface area contributed by atoms with Crippen LogP contribution in [0.25, 0.3) is 0 Å². The minimum Gasteiger partial charge on any atom is -0.330 e. The van der Waals surface area contributed by atoms with Gasteiger partial charge in [-0.15, -0.1) is 0 Å². The van der Waals surface area contributed by atoms with Gasteiger partial charge < -0.3 is 4.90 Å². The maximum Gasteiger partial charge on any atom is 0.234 e. The monoisotopic (exact) mass is 657 g/mol. The van der Waals surface area contributed by atoms with Crippen molar-refractivity contribution in [1.29, 1.82) is 0 Å². The molecule has 2 aromatic carbocycles. The molecule has 1 heterocycles. The molecular formula is C29H37Cl2N3O6S2. The summed E-state index contributed by atoms with van der Waals surface area (Å²) in [4.78, 5) is 29.1. The average Bonchev–Trinajstić information content (AvgIpc) is 3.65. The molecule has 0 aromatic heterocycles. The molecule has 2 aromatic rings. The fourth-order valence-electron chi connectivity index (χ4n) is 5.81. The minimum atomic E-state index is -3.85. The molecule has 0 radical (unpaired) electrons. The van der Waals surface area contributed by atoms with Crippen molar-refractivity contribution in [3.63, 3.8) is 0 Å². The smallest absolute Gasteiger partial charge is 0.234 e. The molecule has 0 spiro atoms. The Hall–Kier alpha value is -2.18. The van der Waals surface area contributed by atoms with Crippen molar-refractivity contribution in [3.8, 4) is 0 Å². The van der Waals surface area contributed by atoms with Gasteiger partial charge in [-0.3, -0.25) is 14.3 Å². The first-order chi connectivity index (χ1) is 19.5. The molecule has 2 amide bonds. The zero-order valence-corrected chi connectivity index (χ0v) is 27.2. The second-order valence-electron chi connectivity index (χ2n) is 12.0. The van der Waals surface area contributed by atoms with Crippen molar-refractivity contribution in [2.75, 3.05) is 12.8 Å². The lowest BCUT2D eigenvalue weighted by molar-refractivity contribution is -0.157. The number of halogens is 2. The van der Waals surface area contributed by atoms with Gasteiger partial charge in [0.2, 0.25) is 31.9 Å². The third kappa shape index (κ3) is 7.13. The molecule has 9 nitrogen and oxygen atoms in total. The summed E-state index contributed by atoms with van der Waals surface area (Å²) in [5.41, 5.74) is 0.311. The lowest BCUT2D eigenvalue weighted by Crippen LogP contribution is -2.58. The molecular weight excluding hydrogens is 621 g/mol. The van der Waals surface area contributed by atoms with Crippen LogP contribution < -0.4 is 9.44 Å². The number of sulfonamides is 2. The van der Waals surface area contributed by atoms with E-state index in [0.717, 1.165) is 17.4 Å². The maximum absolute atomic E-state index is 14.5. The van der Waals surface area contributed by atoms with Crippen molar-refractivity contribution < 1.29 is 26.4 Å². The van der Waals surface area contributed by atoms with Gasteiger partial charge in [0.1, 0.15) is 0 Å². The van der Waals surface area contributed by atoms with E-state index >= 15 is 0 Å². The second kappa shape index (κ2) is 12.1. The summed E-state index contributed by atoms with van der Waals surface area (Å²) in [6.07, 6.45) is 2.28. The van der Waals surface area contributed by atoms with Gasteiger partial charge in [0.25, 0.3) is 0 Å². The van der Waals surface area contributed by atoms with Gasteiger partial charge in [0.05, 0.1) is 22.5 Å². The van der Waals surface area contributed by atoms with Gasteiger partial charge >= 0.3 is 0 Å². The Labute approximate surface area is 258 Å². The molecule has 2 aliphatic rings. The van der Waals surface area contributed by atoms with Crippen LogP contribution in [-0.2, 0) is 29.6 Å². The van der Waals surface area contributed by atoms with E-state index in [1.54, 1.807) is 36.9 Å². The van der Waals surface area contributed by atoms with Gasteiger partial charge in [-0.25, -0.2) is 21.6 Å². The molecule has 4 atom stereocenters. The highest BCUT2D eigenvalue weighted by Gasteiger charge is 2.53. The highest BCUT2D eigenvalue weighted by atomic mass is 35.5. The Bertz CT molecular complexity index is 1560. The second-order valence-corrected chi connectivity index (χ2v) is 16.9. The molecule has 1 saturated carbocycles. The first kappa shape index (κ1) is 32.7. The summed E-state index contributed by atoms with van der Waals surface area (Å²) in [6.45, 7) is 5.21. The summed E-state index contributed by atoms with van der Waals surface area (Å²) in [7, 11) is -7.47. The Balaban J connectivity index is 1.84. The summed E-state index contributed by atoms with van der Waals surface area (Å²) in [6, 6.07) is 13.3. The van der Waals surface area contributed by atoms with Crippen LogP contribution in [0.2, 0.25) is 10.0 Å². The lowest BCUT2D eigenvalue weighted by atomic mass is 9.67. The van der Waals surface area contributed by atoms with Crippen LogP contribution in [0.4, 0.5) is 0 Å². The number of carbonyl (C=O) groups is 2. The van der Waals surface area contributed by atoms with Crippen molar-refractivity contribution in [2.45, 2.75) is 75.6 Å². The van der Waals surface area contributed by atoms with E-state index in [0.29, 0.717) is 29.3 Å². The van der Waals surface area contributed by atoms with E-state index in [4.69, 9.17) is 23.2 Å². The van der Waals surface area contributed by atoms with Crippen LogP contribution in [0, 0.1) is 5.41 Å². The SMILES string of the molecule is CCC(CNS(=O)(=O)C1(C)CC1)N1C(=O)C(C)(CC(=O)NS(C)(=O)=O)CC(c2cccc(Cl)c2)C1c1ccc(Cl)cc1. The first-order valence-electron chi connectivity index (χ1n) is 13.8. The standard InChI is InChI=1S/C29H37Cl2N3O6S2/c1-5-23(18-32-42(39,40)29(3)13-14-29)34-26(19-9-11-21(30)12-10-19)24(20-7-6-8-22(31)15-20)16-28(2,27(34)36)17-25(35)33-41(4,37)38/h6-12,15,23-24,26,32H,5,13-14,16-18H2,1-4H3,(H,33,35). The number of likely N-dealkylation sites (tertiary alicyclic amines) is 1. The van der Waals surface area contributed by atoms with Crippen molar-refractivity contribution in [3.05, 3.63) is 69.7 Å². The topological polar surface area (TPSA) is 130 Å². The number of nitrogens with zero attached hydrogens (tertiary/aromatic N) is 1. The van der Waals surface area contributed by atoms with Crippen LogP contribution in [0.3, 0.4) is 0 Å². The molecule has 4 unspecified atom stereocenters. The highest BCUT2D eigenvalue weighted by Crippen LogP contribution is 2.52. The van der Waals surface area contributed by atoms with Gasteiger partial charge in [-0.1, -0.05) is 61.3 Å². The molecule has 1 aliphatic carbocycles. The van der Waals surface area contributed by atoms with Crippen LogP contribution in [0.5, 0.6) is 0 Å². The molecule has 230 valence electrons. The van der Waals surface area contributed by atoms with E-state index in [-0.39, 0.29) is 31.2 Å². The quantitative estimate of drug-likeness (QED) is 0.358. The summed E-state index contributed by atoms with van der Waals surface area (Å²) in [5.74, 6) is -1.53. The number of hydrogen-bond acceptors (Lipinski definition) is 6. The predicted molar refractivity (Wildman–Crippen MR) is 164 cm³/mol. The zero-order chi connectivity index (χ0) is 31.1. The van der Waals surface area contributed by atoms with Crippen LogP contribution >= 0.6 is 23.2 Å². The molecule has 2 fully saturated rings. The van der Waals surface area contributed by atoms with Crippen LogP contribution in [-0.4, -0.2) is 57.1 Å². The molecule has 0 bridgehead atoms. The molecule has 1 saturated heterocycles. The zero-order valence-electron chi connectivity index (χ0n) is 24.1. The van der Waals surface area contributed by atoms with Gasteiger partial charge in [-0.2, -0.15) is 0 Å². The number of amides is 2. The highest BCUT2D eigenvalue weighted by molar-refractivity contribution is 7.91. The van der Waals surface area contributed by atoms with Crippen LogP contribution in [0.1, 0.15) is 76.0 Å². The van der Waals surface area contributed by atoms with Gasteiger partial charge in [-0.05, 0) is 68.0 Å². The number of benzene rings is 2. The Morgan fingerprint density at radius 2 is 1.67 bits per heavy atom. The maximum atomic E-state index is 14.5. The summed E-state index contributed by atoms with van der Waals surface area (Å²) in [5, 5.41) is 1.02. The van der Waals surface area contributed by atoms with E-state index in [2.05, 4.69) is 4.72 Å². The fraction of sp³-hybridized carbons (Fsp3) is 0.517. The third-order valence-electron chi connectivity index (χ3n) is 8.42. The van der Waals surface area contributed by atoms with E-state index < -0.39 is 48.2 Å². The van der Waals surface area contributed by atoms with Gasteiger partial charge in [0.15, 0.2) is 0 Å². The Morgan fingerprint density at radius 3 is 2.21 bits per heavy atom. The molecule has 1 aliphatic heterocycles. The average molecular weight is 659 g/mol. The van der Waals surface area contributed by atoms with Gasteiger partial charge in [0, 0.05) is 35.0 Å². The fourth-order valence-corrected chi connectivity index (χ4v) is 8.02. The Kier molecular flexibility index (Phi) is 9.41. The number of carbonyl (C=O) groups excluding carboxylic acids is 2. The minimum absolute atomic E-state index is 0.0157. The lowest BCUT2D eigenvalue weighted by Gasteiger charge is -2.52. The van der Waals surface area contributed by atoms with Crippen molar-refractivity contribution >= 4 is 55.1 Å². The summed E-state index contributed by atoms with van der Waals surface area (Å²) >= 11 is 12.6. The number of nitrogens with one attached hydrogen (secondary N) is 2. The predicted octanol–water partition coefficient (Wildman–Crippen LogP) is 4.77. The van der Waals surface area contributed by atoms with Crippen LogP contribution in [0.15, 0.2) is 48.5 Å². The van der Waals surface area contributed by atoms with Crippen molar-refractivity contribution in [2.24, 2.45) is 5.41 Å². The molecule has 2 N–H and O–H groups in total. The molecule has 13 heteroatoms. The van der Waals surface area contributed by atoms with E-state index in [1.807, 2.05) is 42.0 Å². The van der Waals surface area contributed by atoms with E-state index in [1.165, 1.54) is 0 Å². The molecule has 4 rings (SSSR count). The largest absolute Gasteiger partial charge is 0.330 e. The number of hydrogen-bond donors (Lipinski definition) is 2.